The molecule has 0 unspecified atom stereocenters. The molecule has 2 aromatic heterocycles. The number of benzene rings is 2. The van der Waals surface area contributed by atoms with E-state index in [4.69, 9.17) is 4.74 Å². The summed E-state index contributed by atoms with van der Waals surface area (Å²) < 4.78 is 6.22. The Morgan fingerprint density at radius 2 is 2.00 bits per heavy atom. The number of ether oxygens (including phenoxy) is 1. The van der Waals surface area contributed by atoms with Crippen LogP contribution in [0.3, 0.4) is 0 Å². The first-order valence-corrected chi connectivity index (χ1v) is 9.19. The molecule has 2 heterocycles. The number of fused-ring (bicyclic) bond motifs is 1. The van der Waals surface area contributed by atoms with E-state index >= 15 is 0 Å². The fraction of sp³-hybridized carbons (Fsp3) is 0.0556. The number of carbonyl (C=O) groups excluding carboxylic acids is 1. The van der Waals surface area contributed by atoms with E-state index < -0.39 is 0 Å². The summed E-state index contributed by atoms with van der Waals surface area (Å²) >= 11 is 2.75. The summed E-state index contributed by atoms with van der Waals surface area (Å²) in [5.74, 6) is 0.526. The molecule has 0 saturated heterocycles. The van der Waals surface area contributed by atoms with E-state index in [-0.39, 0.29) is 5.91 Å². The van der Waals surface area contributed by atoms with Gasteiger partial charge < -0.3 is 4.74 Å². The quantitative estimate of drug-likeness (QED) is 0.569. The largest absolute Gasteiger partial charge is 0.497 e. The van der Waals surface area contributed by atoms with Crippen molar-refractivity contribution in [1.82, 2.24) is 9.97 Å². The zero-order valence-corrected chi connectivity index (χ0v) is 14.9. The van der Waals surface area contributed by atoms with Gasteiger partial charge in [0.25, 0.3) is 5.91 Å². The molecule has 0 aliphatic rings. The third-order valence-electron chi connectivity index (χ3n) is 3.58. The number of amides is 1. The molecule has 5 nitrogen and oxygen atoms in total. The van der Waals surface area contributed by atoms with Crippen LogP contribution in [0.15, 0.2) is 53.9 Å². The Hall–Kier alpha value is -2.77. The molecule has 0 radical (unpaired) electrons. The van der Waals surface area contributed by atoms with Crippen LogP contribution in [-0.2, 0) is 0 Å². The molecule has 0 fully saturated rings. The molecule has 0 aliphatic carbocycles. The molecule has 124 valence electrons. The number of methoxy groups -OCH3 is 1. The average molecular weight is 367 g/mol. The monoisotopic (exact) mass is 367 g/mol. The molecule has 2 aromatic carbocycles. The van der Waals surface area contributed by atoms with E-state index in [9.17, 15) is 4.79 Å². The van der Waals surface area contributed by atoms with Gasteiger partial charge in [0.15, 0.2) is 10.1 Å². The molecule has 0 saturated carbocycles. The fourth-order valence-corrected chi connectivity index (χ4v) is 3.94. The third-order valence-corrected chi connectivity index (χ3v) is 5.37. The normalized spacial score (nSPS) is 10.8. The molecule has 0 spiro atoms. The zero-order chi connectivity index (χ0) is 17.2. The molecule has 0 atom stereocenters. The molecule has 0 bridgehead atoms. The van der Waals surface area contributed by atoms with Crippen molar-refractivity contribution in [3.05, 3.63) is 58.9 Å². The number of nitrogens with one attached hydrogen (secondary N) is 1. The molecular formula is C18H13N3O2S2. The summed E-state index contributed by atoms with van der Waals surface area (Å²) in [7, 11) is 1.63. The summed E-state index contributed by atoms with van der Waals surface area (Å²) in [6.07, 6.45) is 0. The molecule has 0 aliphatic heterocycles. The first-order chi connectivity index (χ1) is 12.2. The van der Waals surface area contributed by atoms with Gasteiger partial charge >= 0.3 is 0 Å². The molecular weight excluding hydrogens is 354 g/mol. The van der Waals surface area contributed by atoms with Gasteiger partial charge in [-0.05, 0) is 24.3 Å². The smallest absolute Gasteiger partial charge is 0.286 e. The second kappa shape index (κ2) is 6.62. The standard InChI is InChI=1S/C18H13N3O2S2/c1-23-12-6-4-5-11(9-12)14-10-24-18(20-14)21-16(22)17-19-13-7-2-3-8-15(13)25-17/h2-10H,1H3,(H,20,21,22). The average Bonchev–Trinajstić information content (AvgIpc) is 3.28. The first kappa shape index (κ1) is 15.7. The Labute approximate surface area is 152 Å². The highest BCUT2D eigenvalue weighted by Gasteiger charge is 2.14. The van der Waals surface area contributed by atoms with Crippen LogP contribution in [0.5, 0.6) is 5.75 Å². The van der Waals surface area contributed by atoms with Crippen molar-refractivity contribution in [2.75, 3.05) is 12.4 Å². The van der Waals surface area contributed by atoms with Gasteiger partial charge in [0.05, 0.1) is 23.0 Å². The number of aromatic nitrogens is 2. The van der Waals surface area contributed by atoms with E-state index in [0.717, 1.165) is 27.2 Å². The maximum Gasteiger partial charge on any atom is 0.286 e. The van der Waals surface area contributed by atoms with Gasteiger partial charge in [-0.3, -0.25) is 10.1 Å². The highest BCUT2D eigenvalue weighted by molar-refractivity contribution is 7.20. The number of hydrogen-bond donors (Lipinski definition) is 1. The summed E-state index contributed by atoms with van der Waals surface area (Å²) in [5.41, 5.74) is 2.56. The molecule has 1 N–H and O–H groups in total. The van der Waals surface area contributed by atoms with Crippen LogP contribution in [0.4, 0.5) is 5.13 Å². The van der Waals surface area contributed by atoms with Crippen LogP contribution >= 0.6 is 22.7 Å². The lowest BCUT2D eigenvalue weighted by molar-refractivity contribution is 0.102. The third kappa shape index (κ3) is 3.24. The number of nitrogens with zero attached hydrogens (tertiary/aromatic N) is 2. The van der Waals surface area contributed by atoms with Gasteiger partial charge in [0.1, 0.15) is 5.75 Å². The maximum absolute atomic E-state index is 12.4. The Kier molecular flexibility index (Phi) is 4.17. The van der Waals surface area contributed by atoms with Crippen LogP contribution in [0.1, 0.15) is 9.80 Å². The van der Waals surface area contributed by atoms with Gasteiger partial charge in [-0.1, -0.05) is 24.3 Å². The summed E-state index contributed by atoms with van der Waals surface area (Å²) in [6.45, 7) is 0. The molecule has 4 aromatic rings. The highest BCUT2D eigenvalue weighted by atomic mass is 32.1. The molecule has 25 heavy (non-hydrogen) atoms. The van der Waals surface area contributed by atoms with Crippen LogP contribution in [0.25, 0.3) is 21.5 Å². The second-order valence-electron chi connectivity index (χ2n) is 5.21. The predicted octanol–water partition coefficient (Wildman–Crippen LogP) is 4.68. The van der Waals surface area contributed by atoms with Gasteiger partial charge in [-0.2, -0.15) is 0 Å². The number of thiazole rings is 2. The number of hydrogen-bond acceptors (Lipinski definition) is 6. The van der Waals surface area contributed by atoms with E-state index in [1.807, 2.05) is 53.9 Å². The lowest BCUT2D eigenvalue weighted by atomic mass is 10.2. The minimum absolute atomic E-state index is 0.243. The molecule has 7 heteroatoms. The minimum atomic E-state index is -0.243. The van der Waals surface area contributed by atoms with Crippen molar-refractivity contribution in [2.45, 2.75) is 0 Å². The highest BCUT2D eigenvalue weighted by Crippen LogP contribution is 2.28. The van der Waals surface area contributed by atoms with Crippen molar-refractivity contribution in [1.29, 1.82) is 0 Å². The molecule has 1 amide bonds. The van der Waals surface area contributed by atoms with Crippen molar-refractivity contribution >= 4 is 43.9 Å². The number of carbonyl (C=O) groups is 1. The lowest BCUT2D eigenvalue weighted by Crippen LogP contribution is -2.11. The Morgan fingerprint density at radius 3 is 2.84 bits per heavy atom. The summed E-state index contributed by atoms with van der Waals surface area (Å²) in [5, 5.41) is 5.70. The van der Waals surface area contributed by atoms with E-state index in [1.54, 1.807) is 7.11 Å². The lowest BCUT2D eigenvalue weighted by Gasteiger charge is -2.01. The van der Waals surface area contributed by atoms with Gasteiger partial charge in [0, 0.05) is 10.9 Å². The Morgan fingerprint density at radius 1 is 1.12 bits per heavy atom. The van der Waals surface area contributed by atoms with Gasteiger partial charge in [0.2, 0.25) is 0 Å². The summed E-state index contributed by atoms with van der Waals surface area (Å²) in [6, 6.07) is 15.3. The van der Waals surface area contributed by atoms with Crippen LogP contribution in [-0.4, -0.2) is 23.0 Å². The predicted molar refractivity (Wildman–Crippen MR) is 102 cm³/mol. The van der Waals surface area contributed by atoms with Crippen molar-refractivity contribution in [3.8, 4) is 17.0 Å². The van der Waals surface area contributed by atoms with Crippen molar-refractivity contribution in [2.24, 2.45) is 0 Å². The topological polar surface area (TPSA) is 64.1 Å². The number of rotatable bonds is 4. The summed E-state index contributed by atoms with van der Waals surface area (Å²) in [4.78, 5) is 21.3. The Bertz CT molecular complexity index is 1020. The number of anilines is 1. The van der Waals surface area contributed by atoms with Crippen molar-refractivity contribution < 1.29 is 9.53 Å². The van der Waals surface area contributed by atoms with E-state index in [1.165, 1.54) is 22.7 Å². The molecule has 4 rings (SSSR count). The maximum atomic E-state index is 12.4. The Balaban J connectivity index is 1.55. The first-order valence-electron chi connectivity index (χ1n) is 7.50. The van der Waals surface area contributed by atoms with Gasteiger partial charge in [-0.15, -0.1) is 22.7 Å². The van der Waals surface area contributed by atoms with E-state index in [2.05, 4.69) is 15.3 Å². The zero-order valence-electron chi connectivity index (χ0n) is 13.2. The van der Waals surface area contributed by atoms with E-state index in [0.29, 0.717) is 10.1 Å². The second-order valence-corrected chi connectivity index (χ2v) is 7.10. The number of para-hydroxylation sites is 1. The van der Waals surface area contributed by atoms with Gasteiger partial charge in [-0.25, -0.2) is 9.97 Å². The van der Waals surface area contributed by atoms with Crippen LogP contribution < -0.4 is 10.1 Å². The van der Waals surface area contributed by atoms with Crippen molar-refractivity contribution in [3.63, 3.8) is 0 Å². The SMILES string of the molecule is COc1cccc(-c2csc(NC(=O)c3nc4ccccc4s3)n2)c1. The van der Waals surface area contributed by atoms with Crippen LogP contribution in [0.2, 0.25) is 0 Å². The van der Waals surface area contributed by atoms with Crippen LogP contribution in [0, 0.1) is 0 Å². The minimum Gasteiger partial charge on any atom is -0.497 e. The fourth-order valence-electron chi connectivity index (χ4n) is 2.37.